The Morgan fingerprint density at radius 1 is 1.43 bits per heavy atom. The van der Waals surface area contributed by atoms with Gasteiger partial charge in [0.1, 0.15) is 17.3 Å². The molecule has 0 saturated carbocycles. The Bertz CT molecular complexity index is 511. The molecule has 1 unspecified atom stereocenters. The van der Waals surface area contributed by atoms with Gasteiger partial charge in [0.15, 0.2) is 0 Å². The zero-order chi connectivity index (χ0) is 16.0. The van der Waals surface area contributed by atoms with Crippen LogP contribution in [0.25, 0.3) is 6.08 Å². The van der Waals surface area contributed by atoms with E-state index in [9.17, 15) is 13.6 Å². The first kappa shape index (κ1) is 17.5. The Morgan fingerprint density at radius 2 is 2.00 bits per heavy atom. The van der Waals surface area contributed by atoms with Gasteiger partial charge < -0.3 is 10.0 Å². The molecule has 21 heavy (non-hydrogen) atoms. The predicted molar refractivity (Wildman–Crippen MR) is 83.9 cm³/mol. The number of hydrogen-bond acceptors (Lipinski definition) is 3. The molecule has 0 heterocycles. The average molecular weight is 315 g/mol. The topological polar surface area (TPSA) is 40.5 Å². The van der Waals surface area contributed by atoms with Crippen molar-refractivity contribution in [1.29, 1.82) is 0 Å². The zero-order valence-corrected chi connectivity index (χ0v) is 13.1. The maximum absolute atomic E-state index is 14.2. The lowest BCUT2D eigenvalue weighted by Crippen LogP contribution is -2.34. The molecule has 1 aromatic carbocycles. The van der Waals surface area contributed by atoms with Gasteiger partial charge in [-0.3, -0.25) is 0 Å². The summed E-state index contributed by atoms with van der Waals surface area (Å²) in [5, 5.41) is 8.54. The van der Waals surface area contributed by atoms with E-state index in [0.29, 0.717) is 0 Å². The van der Waals surface area contributed by atoms with Gasteiger partial charge in [-0.15, -0.1) is 0 Å². The number of rotatable bonds is 7. The van der Waals surface area contributed by atoms with Crippen molar-refractivity contribution < 1.29 is 18.7 Å². The molecule has 0 aromatic heterocycles. The highest BCUT2D eigenvalue weighted by molar-refractivity contribution is 7.98. The van der Waals surface area contributed by atoms with E-state index in [-0.39, 0.29) is 17.3 Å². The lowest BCUT2D eigenvalue weighted by atomic mass is 10.1. The zero-order valence-electron chi connectivity index (χ0n) is 12.3. The van der Waals surface area contributed by atoms with Crippen molar-refractivity contribution in [1.82, 2.24) is 0 Å². The van der Waals surface area contributed by atoms with E-state index in [2.05, 4.69) is 0 Å². The molecule has 6 heteroatoms. The molecular formula is C15H19F2NO2S. The molecule has 1 atom stereocenters. The Balaban J connectivity index is 3.11. The molecule has 0 saturated heterocycles. The highest BCUT2D eigenvalue weighted by atomic mass is 32.2. The minimum atomic E-state index is -1.16. The quantitative estimate of drug-likeness (QED) is 0.780. The summed E-state index contributed by atoms with van der Waals surface area (Å²) < 4.78 is 28.3. The van der Waals surface area contributed by atoms with Gasteiger partial charge in [0.25, 0.3) is 0 Å². The maximum atomic E-state index is 14.2. The number of halogens is 2. The molecule has 0 radical (unpaired) electrons. The van der Waals surface area contributed by atoms with Crippen molar-refractivity contribution in [2.75, 3.05) is 24.0 Å². The summed E-state index contributed by atoms with van der Waals surface area (Å²) in [5.74, 6) is -1.78. The Morgan fingerprint density at radius 3 is 2.43 bits per heavy atom. The second kappa shape index (κ2) is 8.02. The van der Waals surface area contributed by atoms with E-state index in [0.717, 1.165) is 36.5 Å². The first-order chi connectivity index (χ1) is 9.90. The van der Waals surface area contributed by atoms with Crippen LogP contribution < -0.4 is 4.90 Å². The molecule has 0 fully saturated rings. The predicted octanol–water partition coefficient (Wildman–Crippen LogP) is 3.64. The van der Waals surface area contributed by atoms with Gasteiger partial charge >= 0.3 is 5.97 Å². The Labute approximate surface area is 127 Å². The van der Waals surface area contributed by atoms with Crippen LogP contribution in [0.3, 0.4) is 0 Å². The van der Waals surface area contributed by atoms with Crippen LogP contribution in [0.5, 0.6) is 0 Å². The minimum absolute atomic E-state index is 0.0319. The van der Waals surface area contributed by atoms with E-state index >= 15 is 0 Å². The van der Waals surface area contributed by atoms with Gasteiger partial charge in [-0.05, 0) is 36.4 Å². The van der Waals surface area contributed by atoms with Crippen molar-refractivity contribution in [2.24, 2.45) is 0 Å². The molecule has 0 aliphatic carbocycles. The van der Waals surface area contributed by atoms with Crippen LogP contribution in [0, 0.1) is 11.6 Å². The highest BCUT2D eigenvalue weighted by Crippen LogP contribution is 2.27. The molecule has 1 N–H and O–H groups in total. The van der Waals surface area contributed by atoms with Crippen LogP contribution in [-0.4, -0.2) is 36.2 Å². The van der Waals surface area contributed by atoms with Crippen LogP contribution in [-0.2, 0) is 4.79 Å². The van der Waals surface area contributed by atoms with Gasteiger partial charge in [0.05, 0.1) is 0 Å². The number of nitrogens with zero attached hydrogens (tertiary/aromatic N) is 1. The maximum Gasteiger partial charge on any atom is 0.328 e. The third kappa shape index (κ3) is 4.74. The Kier molecular flexibility index (Phi) is 6.68. The molecule has 0 amide bonds. The third-order valence-corrected chi connectivity index (χ3v) is 3.91. The summed E-state index contributed by atoms with van der Waals surface area (Å²) in [6.07, 6.45) is 4.73. The van der Waals surface area contributed by atoms with E-state index in [1.807, 2.05) is 13.2 Å². The van der Waals surface area contributed by atoms with Crippen molar-refractivity contribution in [3.8, 4) is 0 Å². The first-order valence-corrected chi connectivity index (χ1v) is 7.91. The Hall–Kier alpha value is -1.56. The lowest BCUT2D eigenvalue weighted by Gasteiger charge is -2.29. The van der Waals surface area contributed by atoms with Gasteiger partial charge in [0, 0.05) is 24.9 Å². The molecule has 1 aromatic rings. The number of carboxylic acids is 1. The summed E-state index contributed by atoms with van der Waals surface area (Å²) in [6.45, 7) is 1.97. The van der Waals surface area contributed by atoms with Crippen LogP contribution in [0.2, 0.25) is 0 Å². The van der Waals surface area contributed by atoms with Crippen LogP contribution in [0.15, 0.2) is 18.2 Å². The fourth-order valence-electron chi connectivity index (χ4n) is 2.06. The van der Waals surface area contributed by atoms with E-state index in [1.165, 1.54) is 0 Å². The number of hydrogen-bond donors (Lipinski definition) is 1. The monoisotopic (exact) mass is 315 g/mol. The number of carbonyl (C=O) groups is 1. The smallest absolute Gasteiger partial charge is 0.328 e. The summed E-state index contributed by atoms with van der Waals surface area (Å²) >= 11 is 1.62. The SMILES string of the molecule is CCC(CSC)N(C)c1c(F)cc(/C=C/C(=O)O)cc1F. The lowest BCUT2D eigenvalue weighted by molar-refractivity contribution is -0.131. The van der Waals surface area contributed by atoms with Gasteiger partial charge in [-0.25, -0.2) is 13.6 Å². The molecule has 0 spiro atoms. The van der Waals surface area contributed by atoms with Crippen molar-refractivity contribution in [3.05, 3.63) is 35.4 Å². The normalized spacial score (nSPS) is 12.6. The summed E-state index contributed by atoms with van der Waals surface area (Å²) in [6, 6.07) is 2.31. The molecule has 3 nitrogen and oxygen atoms in total. The van der Waals surface area contributed by atoms with Crippen LogP contribution >= 0.6 is 11.8 Å². The van der Waals surface area contributed by atoms with E-state index in [4.69, 9.17) is 5.11 Å². The molecular weight excluding hydrogens is 296 g/mol. The molecule has 0 aliphatic rings. The fraction of sp³-hybridized carbons (Fsp3) is 0.400. The minimum Gasteiger partial charge on any atom is -0.478 e. The fourth-order valence-corrected chi connectivity index (χ4v) is 2.91. The summed E-state index contributed by atoms with van der Waals surface area (Å²) in [7, 11) is 1.67. The van der Waals surface area contributed by atoms with Gasteiger partial charge in [-0.2, -0.15) is 11.8 Å². The third-order valence-electron chi connectivity index (χ3n) is 3.19. The molecule has 0 aliphatic heterocycles. The molecule has 0 bridgehead atoms. The van der Waals surface area contributed by atoms with Crippen molar-refractivity contribution in [3.63, 3.8) is 0 Å². The standard InChI is InChI=1S/C15H19F2NO2S/c1-4-11(9-21-3)18(2)15-12(16)7-10(8-13(15)17)5-6-14(19)20/h5-8,11H,4,9H2,1-3H3,(H,19,20)/b6-5+. The number of benzene rings is 1. The van der Waals surface area contributed by atoms with Gasteiger partial charge in [-0.1, -0.05) is 6.92 Å². The first-order valence-electron chi connectivity index (χ1n) is 6.52. The van der Waals surface area contributed by atoms with E-state index in [1.54, 1.807) is 23.7 Å². The summed E-state index contributed by atoms with van der Waals surface area (Å²) in [4.78, 5) is 12.0. The van der Waals surface area contributed by atoms with Crippen LogP contribution in [0.4, 0.5) is 14.5 Å². The number of aliphatic carboxylic acids is 1. The van der Waals surface area contributed by atoms with Crippen LogP contribution in [0.1, 0.15) is 18.9 Å². The number of carboxylic acid groups (broad SMARTS) is 1. The van der Waals surface area contributed by atoms with E-state index < -0.39 is 17.6 Å². The second-order valence-electron chi connectivity index (χ2n) is 4.63. The molecule has 116 valence electrons. The highest BCUT2D eigenvalue weighted by Gasteiger charge is 2.20. The van der Waals surface area contributed by atoms with Crippen molar-refractivity contribution in [2.45, 2.75) is 19.4 Å². The number of anilines is 1. The largest absolute Gasteiger partial charge is 0.478 e. The van der Waals surface area contributed by atoms with Crippen molar-refractivity contribution >= 4 is 29.5 Å². The second-order valence-corrected chi connectivity index (χ2v) is 5.54. The van der Waals surface area contributed by atoms with Gasteiger partial charge in [0.2, 0.25) is 0 Å². The number of thioether (sulfide) groups is 1. The summed E-state index contributed by atoms with van der Waals surface area (Å²) in [5.41, 5.74) is 0.103. The average Bonchev–Trinajstić information content (AvgIpc) is 2.41. The molecule has 1 rings (SSSR count).